The molecule has 2 bridgehead atoms. The number of nitrogens with zero attached hydrogens (tertiary/aromatic N) is 2. The summed E-state index contributed by atoms with van der Waals surface area (Å²) in [6.45, 7) is 4.96. The van der Waals surface area contributed by atoms with Gasteiger partial charge >= 0.3 is 0 Å². The maximum atomic E-state index is 4.44. The zero-order chi connectivity index (χ0) is 11.2. The molecule has 2 unspecified atom stereocenters. The summed E-state index contributed by atoms with van der Waals surface area (Å²) in [5.41, 5.74) is 0.745. The Kier molecular flexibility index (Phi) is 2.25. The van der Waals surface area contributed by atoms with Crippen molar-refractivity contribution in [1.82, 2.24) is 0 Å². The van der Waals surface area contributed by atoms with Crippen LogP contribution in [0.4, 0.5) is 0 Å². The molecule has 1 aromatic rings. The highest BCUT2D eigenvalue weighted by atomic mass is 28.3. The summed E-state index contributed by atoms with van der Waals surface area (Å²) in [6.07, 6.45) is 2.53. The minimum absolute atomic E-state index is 0.534. The van der Waals surface area contributed by atoms with E-state index in [1.165, 1.54) is 12.8 Å². The SMILES string of the molecule is C[Si](C)(c1ccccc1)C1C2CCC1N=N2. The first kappa shape index (κ1) is 10.2. The molecule has 1 aliphatic heterocycles. The van der Waals surface area contributed by atoms with Crippen molar-refractivity contribution in [3.63, 3.8) is 0 Å². The van der Waals surface area contributed by atoms with E-state index in [-0.39, 0.29) is 0 Å². The molecule has 16 heavy (non-hydrogen) atoms. The van der Waals surface area contributed by atoms with Gasteiger partial charge in [-0.3, -0.25) is 0 Å². The maximum absolute atomic E-state index is 4.44. The minimum atomic E-state index is -1.40. The second-order valence-electron chi connectivity index (χ2n) is 5.56. The van der Waals surface area contributed by atoms with Crippen molar-refractivity contribution in [2.75, 3.05) is 0 Å². The first-order chi connectivity index (χ1) is 7.69. The van der Waals surface area contributed by atoms with E-state index in [1.54, 1.807) is 5.19 Å². The lowest BCUT2D eigenvalue weighted by Gasteiger charge is -2.31. The predicted molar refractivity (Wildman–Crippen MR) is 69.0 cm³/mol. The predicted octanol–water partition coefficient (Wildman–Crippen LogP) is 2.97. The molecule has 1 aromatic carbocycles. The molecule has 1 aliphatic carbocycles. The van der Waals surface area contributed by atoms with Crippen LogP contribution in [-0.4, -0.2) is 20.2 Å². The Balaban J connectivity index is 1.95. The van der Waals surface area contributed by atoms with Gasteiger partial charge in [-0.05, 0) is 12.8 Å². The fraction of sp³-hybridized carbons (Fsp3) is 0.538. The molecule has 0 spiro atoms. The number of rotatable bonds is 2. The Hall–Kier alpha value is -0.963. The van der Waals surface area contributed by atoms with Crippen LogP contribution < -0.4 is 5.19 Å². The summed E-state index contributed by atoms with van der Waals surface area (Å²) in [6, 6.07) is 12.1. The Morgan fingerprint density at radius 3 is 2.06 bits per heavy atom. The van der Waals surface area contributed by atoms with Crippen molar-refractivity contribution >= 4 is 13.3 Å². The van der Waals surface area contributed by atoms with E-state index in [9.17, 15) is 0 Å². The molecule has 3 heteroatoms. The fourth-order valence-corrected chi connectivity index (χ4v) is 7.24. The molecular weight excluding hydrogens is 212 g/mol. The number of azo groups is 1. The molecule has 3 rings (SSSR count). The van der Waals surface area contributed by atoms with E-state index in [1.807, 2.05) is 0 Å². The first-order valence-electron chi connectivity index (χ1n) is 6.15. The molecule has 1 fully saturated rings. The van der Waals surface area contributed by atoms with E-state index in [2.05, 4.69) is 53.7 Å². The Morgan fingerprint density at radius 2 is 1.56 bits per heavy atom. The third kappa shape index (κ3) is 1.38. The van der Waals surface area contributed by atoms with Gasteiger partial charge in [0.2, 0.25) is 0 Å². The highest BCUT2D eigenvalue weighted by Crippen LogP contribution is 2.47. The third-order valence-corrected chi connectivity index (χ3v) is 8.56. The van der Waals surface area contributed by atoms with Gasteiger partial charge in [0, 0.05) is 5.54 Å². The van der Waals surface area contributed by atoms with Crippen molar-refractivity contribution < 1.29 is 0 Å². The molecule has 1 saturated carbocycles. The molecule has 0 saturated heterocycles. The van der Waals surface area contributed by atoms with Gasteiger partial charge in [-0.25, -0.2) is 0 Å². The number of hydrogen-bond acceptors (Lipinski definition) is 2. The van der Waals surface area contributed by atoms with Crippen LogP contribution in [0.25, 0.3) is 0 Å². The normalized spacial score (nSPS) is 32.2. The molecule has 84 valence electrons. The smallest absolute Gasteiger partial charge is 0.0882 e. The van der Waals surface area contributed by atoms with Crippen LogP contribution in [0.5, 0.6) is 0 Å². The van der Waals surface area contributed by atoms with Crippen molar-refractivity contribution in [3.8, 4) is 0 Å². The van der Waals surface area contributed by atoms with Gasteiger partial charge in [0.05, 0.1) is 20.2 Å². The average molecular weight is 230 g/mol. The summed E-state index contributed by atoms with van der Waals surface area (Å²) in [4.78, 5) is 0. The van der Waals surface area contributed by atoms with Crippen LogP contribution in [0.1, 0.15) is 12.8 Å². The topological polar surface area (TPSA) is 24.7 Å². The van der Waals surface area contributed by atoms with Crippen LogP contribution in [0, 0.1) is 0 Å². The molecule has 2 aliphatic rings. The highest BCUT2D eigenvalue weighted by molar-refractivity contribution is 6.91. The summed E-state index contributed by atoms with van der Waals surface area (Å²) >= 11 is 0. The Bertz CT molecular complexity index is 399. The van der Waals surface area contributed by atoms with Crippen molar-refractivity contribution in [2.24, 2.45) is 10.2 Å². The second kappa shape index (κ2) is 3.52. The molecule has 0 radical (unpaired) electrons. The molecule has 2 atom stereocenters. The summed E-state index contributed by atoms with van der Waals surface area (Å²) in [5, 5.41) is 10.4. The molecule has 0 N–H and O–H groups in total. The highest BCUT2D eigenvalue weighted by Gasteiger charge is 2.50. The van der Waals surface area contributed by atoms with E-state index in [0.29, 0.717) is 12.1 Å². The largest absolute Gasteiger partial charge is 0.190 e. The van der Waals surface area contributed by atoms with Gasteiger partial charge in [0.15, 0.2) is 0 Å². The minimum Gasteiger partial charge on any atom is -0.190 e. The Morgan fingerprint density at radius 1 is 1.00 bits per heavy atom. The number of hydrogen-bond donors (Lipinski definition) is 0. The zero-order valence-corrected chi connectivity index (χ0v) is 10.9. The molecule has 1 heterocycles. The van der Waals surface area contributed by atoms with Crippen LogP contribution in [0.15, 0.2) is 40.6 Å². The molecule has 0 amide bonds. The number of fused-ring (bicyclic) bond motifs is 2. The average Bonchev–Trinajstić information content (AvgIpc) is 2.90. The number of benzene rings is 1. The van der Waals surface area contributed by atoms with Crippen molar-refractivity contribution in [1.29, 1.82) is 0 Å². The lowest BCUT2D eigenvalue weighted by atomic mass is 10.2. The van der Waals surface area contributed by atoms with E-state index < -0.39 is 8.07 Å². The molecule has 2 nitrogen and oxygen atoms in total. The standard InChI is InChI=1S/C13H18N2Si/c1-16(2,10-6-4-3-5-7-10)13-11-8-9-12(13)15-14-11/h3-7,11-13H,8-9H2,1-2H3. The van der Waals surface area contributed by atoms with Gasteiger partial charge in [0.25, 0.3) is 0 Å². The van der Waals surface area contributed by atoms with E-state index in [4.69, 9.17) is 0 Å². The van der Waals surface area contributed by atoms with Crippen LogP contribution >= 0.6 is 0 Å². The molecular formula is C13H18N2Si. The van der Waals surface area contributed by atoms with E-state index >= 15 is 0 Å². The summed E-state index contributed by atoms with van der Waals surface area (Å²) in [5.74, 6) is 0. The summed E-state index contributed by atoms with van der Waals surface area (Å²) in [7, 11) is -1.40. The van der Waals surface area contributed by atoms with Gasteiger partial charge < -0.3 is 0 Å². The second-order valence-corrected chi connectivity index (χ2v) is 10.2. The van der Waals surface area contributed by atoms with E-state index in [0.717, 1.165) is 5.54 Å². The van der Waals surface area contributed by atoms with Gasteiger partial charge in [-0.15, -0.1) is 0 Å². The quantitative estimate of drug-likeness (QED) is 0.698. The third-order valence-electron chi connectivity index (χ3n) is 4.30. The summed E-state index contributed by atoms with van der Waals surface area (Å²) < 4.78 is 0. The Labute approximate surface area is 97.8 Å². The molecule has 0 aromatic heterocycles. The van der Waals surface area contributed by atoms with Crippen LogP contribution in [-0.2, 0) is 0 Å². The fourth-order valence-electron chi connectivity index (χ4n) is 3.41. The lowest BCUT2D eigenvalue weighted by molar-refractivity contribution is 0.643. The monoisotopic (exact) mass is 230 g/mol. The lowest BCUT2D eigenvalue weighted by Crippen LogP contribution is -2.49. The van der Waals surface area contributed by atoms with Gasteiger partial charge in [-0.2, -0.15) is 10.2 Å². The van der Waals surface area contributed by atoms with Crippen LogP contribution in [0.2, 0.25) is 18.6 Å². The first-order valence-corrected chi connectivity index (χ1v) is 9.23. The zero-order valence-electron chi connectivity index (χ0n) is 9.93. The van der Waals surface area contributed by atoms with Gasteiger partial charge in [0.1, 0.15) is 0 Å². The van der Waals surface area contributed by atoms with Crippen LogP contribution in [0.3, 0.4) is 0 Å². The maximum Gasteiger partial charge on any atom is 0.0882 e. The van der Waals surface area contributed by atoms with Crippen molar-refractivity contribution in [2.45, 2.75) is 43.6 Å². The van der Waals surface area contributed by atoms with Crippen molar-refractivity contribution in [3.05, 3.63) is 30.3 Å². The van der Waals surface area contributed by atoms with Gasteiger partial charge in [-0.1, -0.05) is 48.6 Å².